The van der Waals surface area contributed by atoms with Crippen LogP contribution in [0.1, 0.15) is 11.1 Å². The van der Waals surface area contributed by atoms with Crippen molar-refractivity contribution in [3.63, 3.8) is 0 Å². The summed E-state index contributed by atoms with van der Waals surface area (Å²) in [5.74, 6) is 0.241. The largest absolute Gasteiger partial charge is 0.463 e. The van der Waals surface area contributed by atoms with Gasteiger partial charge < -0.3 is 4.42 Å². The van der Waals surface area contributed by atoms with Crippen molar-refractivity contribution in [3.05, 3.63) is 39.7 Å². The molecule has 1 N–H and O–H groups in total. The molecule has 0 atom stereocenters. The van der Waals surface area contributed by atoms with Gasteiger partial charge in [0.1, 0.15) is 17.4 Å². The normalized spacial score (nSPS) is 11.0. The summed E-state index contributed by atoms with van der Waals surface area (Å²) in [7, 11) is 0. The number of hydrogen-bond acceptors (Lipinski definition) is 5. The molecule has 1 aromatic carbocycles. The Balaban J connectivity index is 2.40. The topological polar surface area (TPSA) is 84.7 Å². The second kappa shape index (κ2) is 3.76. The van der Waals surface area contributed by atoms with Gasteiger partial charge >= 0.3 is 0 Å². The van der Waals surface area contributed by atoms with Gasteiger partial charge in [0.25, 0.3) is 0 Å². The van der Waals surface area contributed by atoms with E-state index in [1.165, 1.54) is 6.26 Å². The SMILES string of the molecule is Cc1cc(C)c2occ(-c3nn[nH]n3)c(=O)c2c1. The minimum Gasteiger partial charge on any atom is -0.463 e. The molecule has 0 amide bonds. The van der Waals surface area contributed by atoms with E-state index < -0.39 is 0 Å². The van der Waals surface area contributed by atoms with E-state index in [2.05, 4.69) is 20.6 Å². The van der Waals surface area contributed by atoms with Gasteiger partial charge in [0.05, 0.1) is 5.39 Å². The Bertz CT molecular complexity index is 775. The van der Waals surface area contributed by atoms with Crippen LogP contribution >= 0.6 is 0 Å². The maximum atomic E-state index is 12.3. The first kappa shape index (κ1) is 10.6. The lowest BCUT2D eigenvalue weighted by Crippen LogP contribution is -2.06. The molecule has 0 saturated heterocycles. The number of fused-ring (bicyclic) bond motifs is 1. The van der Waals surface area contributed by atoms with Crippen molar-refractivity contribution in [1.29, 1.82) is 0 Å². The second-order valence-electron chi connectivity index (χ2n) is 4.17. The van der Waals surface area contributed by atoms with Crippen LogP contribution in [-0.2, 0) is 0 Å². The number of aromatic nitrogens is 4. The highest BCUT2D eigenvalue weighted by Crippen LogP contribution is 2.20. The number of rotatable bonds is 1. The fraction of sp³-hybridized carbons (Fsp3) is 0.167. The van der Waals surface area contributed by atoms with Crippen molar-refractivity contribution in [2.24, 2.45) is 0 Å². The Hall–Kier alpha value is -2.50. The lowest BCUT2D eigenvalue weighted by molar-refractivity contribution is 0.601. The highest BCUT2D eigenvalue weighted by atomic mass is 16.3. The molecule has 0 unspecified atom stereocenters. The number of aromatic amines is 1. The number of benzene rings is 1. The number of hydrogen-bond donors (Lipinski definition) is 1. The average molecular weight is 242 g/mol. The van der Waals surface area contributed by atoms with Gasteiger partial charge in [-0.1, -0.05) is 6.07 Å². The van der Waals surface area contributed by atoms with Crippen LogP contribution in [0.4, 0.5) is 0 Å². The zero-order valence-corrected chi connectivity index (χ0v) is 9.89. The monoisotopic (exact) mass is 242 g/mol. The van der Waals surface area contributed by atoms with Gasteiger partial charge in [-0.15, -0.1) is 10.2 Å². The van der Waals surface area contributed by atoms with E-state index in [-0.39, 0.29) is 11.3 Å². The van der Waals surface area contributed by atoms with Crippen molar-refractivity contribution in [3.8, 4) is 11.4 Å². The first-order valence-electron chi connectivity index (χ1n) is 5.43. The van der Waals surface area contributed by atoms with Gasteiger partial charge in [-0.05, 0) is 36.3 Å². The summed E-state index contributed by atoms with van der Waals surface area (Å²) < 4.78 is 5.51. The second-order valence-corrected chi connectivity index (χ2v) is 4.17. The Morgan fingerprint density at radius 2 is 2.11 bits per heavy atom. The molecule has 6 nitrogen and oxygen atoms in total. The summed E-state index contributed by atoms with van der Waals surface area (Å²) in [6, 6.07) is 3.77. The first-order chi connectivity index (χ1) is 8.66. The van der Waals surface area contributed by atoms with Gasteiger partial charge in [0.2, 0.25) is 11.3 Å². The van der Waals surface area contributed by atoms with Gasteiger partial charge in [-0.3, -0.25) is 4.79 Å². The quantitative estimate of drug-likeness (QED) is 0.700. The minimum atomic E-state index is -0.149. The Morgan fingerprint density at radius 3 is 2.83 bits per heavy atom. The molecule has 90 valence electrons. The number of H-pyrrole nitrogens is 1. The molecule has 0 bridgehead atoms. The molecule has 0 aliphatic heterocycles. The smallest absolute Gasteiger partial charge is 0.211 e. The number of nitrogens with one attached hydrogen (secondary N) is 1. The molecule has 3 rings (SSSR count). The molecular formula is C12H10N4O2. The number of nitrogens with zero attached hydrogens (tertiary/aromatic N) is 3. The molecule has 0 fully saturated rings. The summed E-state index contributed by atoms with van der Waals surface area (Å²) in [5.41, 5.74) is 2.70. The van der Waals surface area contributed by atoms with Gasteiger partial charge in [0.15, 0.2) is 0 Å². The molecule has 3 aromatic rings. The molecule has 0 aliphatic rings. The standard InChI is InChI=1S/C12H10N4O2/c1-6-3-7(2)11-8(4-6)10(17)9(5-18-11)12-13-15-16-14-12/h3-5H,1-2H3,(H,13,14,15,16). The molecule has 0 saturated carbocycles. The van der Waals surface area contributed by atoms with Gasteiger partial charge in [-0.25, -0.2) is 0 Å². The fourth-order valence-corrected chi connectivity index (χ4v) is 2.03. The van der Waals surface area contributed by atoms with Crippen LogP contribution in [0.3, 0.4) is 0 Å². The third-order valence-electron chi connectivity index (χ3n) is 2.79. The third-order valence-corrected chi connectivity index (χ3v) is 2.79. The highest BCUT2D eigenvalue weighted by molar-refractivity contribution is 5.83. The zero-order chi connectivity index (χ0) is 12.7. The van der Waals surface area contributed by atoms with Crippen LogP contribution < -0.4 is 5.43 Å². The molecule has 2 aromatic heterocycles. The van der Waals surface area contributed by atoms with Crippen LogP contribution in [0.25, 0.3) is 22.4 Å². The molecule has 6 heteroatoms. The average Bonchev–Trinajstić information content (AvgIpc) is 2.84. The van der Waals surface area contributed by atoms with Crippen molar-refractivity contribution in [2.45, 2.75) is 13.8 Å². The molecule has 18 heavy (non-hydrogen) atoms. The number of tetrazole rings is 1. The van der Waals surface area contributed by atoms with Crippen LogP contribution in [0.2, 0.25) is 0 Å². The predicted molar refractivity (Wildman–Crippen MR) is 65.1 cm³/mol. The van der Waals surface area contributed by atoms with Crippen LogP contribution in [0.15, 0.2) is 27.6 Å². The van der Waals surface area contributed by atoms with E-state index in [1.54, 1.807) is 6.07 Å². The van der Waals surface area contributed by atoms with Gasteiger partial charge in [-0.2, -0.15) is 5.21 Å². The van der Waals surface area contributed by atoms with Crippen molar-refractivity contribution in [2.75, 3.05) is 0 Å². The third kappa shape index (κ3) is 1.50. The van der Waals surface area contributed by atoms with Gasteiger partial charge in [0, 0.05) is 0 Å². The summed E-state index contributed by atoms with van der Waals surface area (Å²) in [6.07, 6.45) is 1.37. The van der Waals surface area contributed by atoms with Crippen molar-refractivity contribution in [1.82, 2.24) is 20.6 Å². The van der Waals surface area contributed by atoms with Crippen LogP contribution in [0.5, 0.6) is 0 Å². The van der Waals surface area contributed by atoms with E-state index in [9.17, 15) is 4.79 Å². The van der Waals surface area contributed by atoms with E-state index in [0.29, 0.717) is 16.5 Å². The molecular weight excluding hydrogens is 232 g/mol. The maximum Gasteiger partial charge on any atom is 0.211 e. The predicted octanol–water partition coefficient (Wildman–Crippen LogP) is 1.59. The molecule has 2 heterocycles. The first-order valence-corrected chi connectivity index (χ1v) is 5.43. The van der Waals surface area contributed by atoms with E-state index in [0.717, 1.165) is 11.1 Å². The highest BCUT2D eigenvalue weighted by Gasteiger charge is 2.13. The van der Waals surface area contributed by atoms with E-state index in [4.69, 9.17) is 4.42 Å². The number of aryl methyl sites for hydroxylation is 2. The lowest BCUT2D eigenvalue weighted by Gasteiger charge is -2.03. The van der Waals surface area contributed by atoms with Crippen LogP contribution in [-0.4, -0.2) is 20.6 Å². The van der Waals surface area contributed by atoms with Crippen LogP contribution in [0, 0.1) is 13.8 Å². The Kier molecular flexibility index (Phi) is 2.22. The summed E-state index contributed by atoms with van der Waals surface area (Å²) >= 11 is 0. The molecule has 0 aliphatic carbocycles. The molecule has 0 radical (unpaired) electrons. The minimum absolute atomic E-state index is 0.149. The summed E-state index contributed by atoms with van der Waals surface area (Å²) in [4.78, 5) is 12.3. The summed E-state index contributed by atoms with van der Waals surface area (Å²) in [6.45, 7) is 3.85. The van der Waals surface area contributed by atoms with Crippen molar-refractivity contribution < 1.29 is 4.42 Å². The fourth-order valence-electron chi connectivity index (χ4n) is 2.03. The van der Waals surface area contributed by atoms with E-state index in [1.807, 2.05) is 19.9 Å². The summed E-state index contributed by atoms with van der Waals surface area (Å²) in [5, 5.41) is 13.9. The zero-order valence-electron chi connectivity index (χ0n) is 9.89. The Morgan fingerprint density at radius 1 is 1.28 bits per heavy atom. The maximum absolute atomic E-state index is 12.3. The Labute approximate surface area is 102 Å². The van der Waals surface area contributed by atoms with Crippen molar-refractivity contribution >= 4 is 11.0 Å². The molecule has 0 spiro atoms. The van der Waals surface area contributed by atoms with E-state index >= 15 is 0 Å². The lowest BCUT2D eigenvalue weighted by atomic mass is 10.1.